The number of amides is 1. The smallest absolute Gasteiger partial charge is 0.222 e. The number of aryl methyl sites for hydroxylation is 1. The molecule has 0 radical (unpaired) electrons. The van der Waals surface area contributed by atoms with Gasteiger partial charge in [0.05, 0.1) is 13.2 Å². The zero-order valence-electron chi connectivity index (χ0n) is 28.8. The molecule has 5 atom stereocenters. The molecule has 1 amide bonds. The first-order valence-electron chi connectivity index (χ1n) is 18.7. The van der Waals surface area contributed by atoms with E-state index in [1.54, 1.807) is 13.2 Å². The summed E-state index contributed by atoms with van der Waals surface area (Å²) in [5.74, 6) is 3.24. The standard InChI is InChI=1S/C42H50N2O5/c1-48-37-26-36(46)31-25-34-32-20-21-33(41-42(32,39(31)40(37)49-41)22-24-43(34)27-29-18-19-29)44(23-10-13-28-11-4-2-5-12-28)38(47)17-9-8-16-35(45)30-14-6-3-7-15-30/h2-7,11-12,14-15,26,29,32-34,41,46H,8-10,13,16-25,27H2,1H3/t32-,33-,34+,41-,42-/m0/s1. The van der Waals surface area contributed by atoms with Crippen LogP contribution in [-0.2, 0) is 23.1 Å². The third-order valence-electron chi connectivity index (χ3n) is 12.5. The number of unbranched alkanes of at least 4 members (excludes halogenated alkanes) is 1. The van der Waals surface area contributed by atoms with E-state index in [0.29, 0.717) is 55.7 Å². The Morgan fingerprint density at radius 3 is 2.49 bits per heavy atom. The summed E-state index contributed by atoms with van der Waals surface area (Å²) in [6.07, 6.45) is 10.3. The number of likely N-dealkylation sites (tertiary alicyclic amines) is 1. The summed E-state index contributed by atoms with van der Waals surface area (Å²) < 4.78 is 13.0. The topological polar surface area (TPSA) is 79.3 Å². The molecule has 2 bridgehead atoms. The normalized spacial score (nSPS) is 26.5. The highest BCUT2D eigenvalue weighted by Gasteiger charge is 2.67. The van der Waals surface area contributed by atoms with E-state index in [1.165, 1.54) is 24.0 Å². The Balaban J connectivity index is 1.06. The lowest BCUT2D eigenvalue weighted by molar-refractivity contribution is -0.143. The second-order valence-electron chi connectivity index (χ2n) is 15.2. The predicted octanol–water partition coefficient (Wildman–Crippen LogP) is 7.12. The summed E-state index contributed by atoms with van der Waals surface area (Å²) in [5, 5.41) is 11.4. The Bertz CT molecular complexity index is 1670. The lowest BCUT2D eigenvalue weighted by atomic mass is 9.50. The molecule has 1 N–H and O–H groups in total. The number of methoxy groups -OCH3 is 1. The predicted molar refractivity (Wildman–Crippen MR) is 189 cm³/mol. The quantitative estimate of drug-likeness (QED) is 0.146. The van der Waals surface area contributed by atoms with E-state index < -0.39 is 0 Å². The van der Waals surface area contributed by atoms with Crippen LogP contribution < -0.4 is 9.47 Å². The molecule has 2 aliphatic heterocycles. The van der Waals surface area contributed by atoms with Gasteiger partial charge in [-0.25, -0.2) is 0 Å². The van der Waals surface area contributed by atoms with Crippen molar-refractivity contribution >= 4 is 11.7 Å². The third-order valence-corrected chi connectivity index (χ3v) is 12.5. The van der Waals surface area contributed by atoms with Crippen molar-refractivity contribution in [2.75, 3.05) is 26.7 Å². The number of Topliss-reactive ketones (excluding diaryl/α,β-unsaturated/α-hetero) is 1. The fraction of sp³-hybridized carbons (Fsp3) is 0.524. The molecule has 3 fully saturated rings. The van der Waals surface area contributed by atoms with Gasteiger partial charge < -0.3 is 19.5 Å². The molecule has 2 heterocycles. The van der Waals surface area contributed by atoms with Crippen LogP contribution >= 0.6 is 0 Å². The number of nitrogens with zero attached hydrogens (tertiary/aromatic N) is 2. The molecule has 3 aromatic carbocycles. The minimum Gasteiger partial charge on any atom is -0.508 e. The Morgan fingerprint density at radius 2 is 1.73 bits per heavy atom. The maximum atomic E-state index is 14.4. The first kappa shape index (κ1) is 32.4. The SMILES string of the molecule is COc1cc(O)c2c3c1O[C@H]1[C@@H](N(CCCc4ccccc4)C(=O)CCCCC(=O)c4ccccc4)CC[C@H]4[C@@H](C2)N(CC2CC2)CC[C@@]341. The van der Waals surface area contributed by atoms with Crippen molar-refractivity contribution in [2.24, 2.45) is 11.8 Å². The maximum absolute atomic E-state index is 14.4. The van der Waals surface area contributed by atoms with Crippen LogP contribution in [0.3, 0.4) is 0 Å². The lowest BCUT2D eigenvalue weighted by Gasteiger charge is -2.60. The molecule has 8 rings (SSSR count). The van der Waals surface area contributed by atoms with Gasteiger partial charge in [-0.1, -0.05) is 60.7 Å². The molecule has 3 aliphatic carbocycles. The molecule has 5 aliphatic rings. The Kier molecular flexibility index (Phi) is 8.90. The summed E-state index contributed by atoms with van der Waals surface area (Å²) in [6.45, 7) is 2.85. The molecule has 1 saturated heterocycles. The fourth-order valence-corrected chi connectivity index (χ4v) is 10.0. The van der Waals surface area contributed by atoms with Crippen LogP contribution in [0.4, 0.5) is 0 Å². The average molecular weight is 663 g/mol. The number of ketones is 1. The van der Waals surface area contributed by atoms with Gasteiger partial charge in [-0.3, -0.25) is 14.5 Å². The highest BCUT2D eigenvalue weighted by molar-refractivity contribution is 5.96. The van der Waals surface area contributed by atoms with Gasteiger partial charge in [-0.05, 0) is 88.2 Å². The molecule has 7 nitrogen and oxygen atoms in total. The van der Waals surface area contributed by atoms with Gasteiger partial charge in [-0.2, -0.15) is 0 Å². The van der Waals surface area contributed by atoms with Crippen LogP contribution in [0.15, 0.2) is 66.7 Å². The van der Waals surface area contributed by atoms with Crippen LogP contribution in [-0.4, -0.2) is 71.5 Å². The summed E-state index contributed by atoms with van der Waals surface area (Å²) in [4.78, 5) is 32.0. The number of hydrogen-bond acceptors (Lipinski definition) is 6. The number of phenols is 1. The summed E-state index contributed by atoms with van der Waals surface area (Å²) in [6, 6.07) is 22.0. The van der Waals surface area contributed by atoms with Crippen LogP contribution in [0.25, 0.3) is 0 Å². The number of carbonyl (C=O) groups excluding carboxylic acids is 2. The molecule has 258 valence electrons. The zero-order chi connectivity index (χ0) is 33.5. The summed E-state index contributed by atoms with van der Waals surface area (Å²) in [5.41, 5.74) is 3.97. The van der Waals surface area contributed by atoms with Crippen molar-refractivity contribution in [3.8, 4) is 17.2 Å². The summed E-state index contributed by atoms with van der Waals surface area (Å²) in [7, 11) is 1.65. The number of phenolic OH excluding ortho intramolecular Hbond substituents is 1. The number of aromatic hydroxyl groups is 1. The van der Waals surface area contributed by atoms with Gasteiger partial charge in [0.15, 0.2) is 17.3 Å². The Morgan fingerprint density at radius 1 is 0.980 bits per heavy atom. The van der Waals surface area contributed by atoms with Crippen LogP contribution in [0, 0.1) is 11.8 Å². The van der Waals surface area contributed by atoms with Gasteiger partial charge in [-0.15, -0.1) is 0 Å². The largest absolute Gasteiger partial charge is 0.508 e. The van der Waals surface area contributed by atoms with Crippen LogP contribution in [0.2, 0.25) is 0 Å². The molecule has 1 spiro atoms. The van der Waals surface area contributed by atoms with Crippen molar-refractivity contribution in [1.29, 1.82) is 0 Å². The second-order valence-corrected chi connectivity index (χ2v) is 15.2. The van der Waals surface area contributed by atoms with E-state index in [9.17, 15) is 14.7 Å². The monoisotopic (exact) mass is 662 g/mol. The van der Waals surface area contributed by atoms with Crippen molar-refractivity contribution in [3.63, 3.8) is 0 Å². The molecule has 0 unspecified atom stereocenters. The van der Waals surface area contributed by atoms with Crippen LogP contribution in [0.5, 0.6) is 17.2 Å². The molecule has 3 aromatic rings. The van der Waals surface area contributed by atoms with E-state index in [4.69, 9.17) is 9.47 Å². The zero-order valence-corrected chi connectivity index (χ0v) is 28.8. The van der Waals surface area contributed by atoms with Crippen molar-refractivity contribution in [3.05, 3.63) is 89.0 Å². The molecule has 7 heteroatoms. The maximum Gasteiger partial charge on any atom is 0.222 e. The first-order valence-corrected chi connectivity index (χ1v) is 18.7. The second kappa shape index (κ2) is 13.5. The molecule has 0 aromatic heterocycles. The number of piperidine rings is 1. The minimum absolute atomic E-state index is 0.0636. The van der Waals surface area contributed by atoms with Crippen molar-refractivity contribution in [2.45, 2.75) is 101 Å². The van der Waals surface area contributed by atoms with Gasteiger partial charge in [0, 0.05) is 60.1 Å². The Labute approximate surface area is 290 Å². The van der Waals surface area contributed by atoms with Gasteiger partial charge in [0.1, 0.15) is 11.9 Å². The number of ether oxygens (including phenoxy) is 2. The van der Waals surface area contributed by atoms with Crippen LogP contribution in [0.1, 0.15) is 91.3 Å². The number of hydrogen-bond donors (Lipinski definition) is 1. The van der Waals surface area contributed by atoms with Gasteiger partial charge in [0.25, 0.3) is 0 Å². The van der Waals surface area contributed by atoms with E-state index in [0.717, 1.165) is 74.4 Å². The van der Waals surface area contributed by atoms with E-state index in [2.05, 4.69) is 34.1 Å². The van der Waals surface area contributed by atoms with E-state index in [1.807, 2.05) is 36.4 Å². The summed E-state index contributed by atoms with van der Waals surface area (Å²) >= 11 is 0. The number of carbonyl (C=O) groups is 2. The van der Waals surface area contributed by atoms with E-state index in [-0.39, 0.29) is 29.3 Å². The number of rotatable bonds is 14. The minimum atomic E-state index is -0.247. The number of benzene rings is 3. The average Bonchev–Trinajstić information content (AvgIpc) is 3.89. The van der Waals surface area contributed by atoms with Gasteiger partial charge >= 0.3 is 0 Å². The molecular weight excluding hydrogens is 612 g/mol. The van der Waals surface area contributed by atoms with E-state index >= 15 is 0 Å². The fourth-order valence-electron chi connectivity index (χ4n) is 10.0. The Hall–Kier alpha value is -3.84. The first-order chi connectivity index (χ1) is 24.0. The molecule has 49 heavy (non-hydrogen) atoms. The highest BCUT2D eigenvalue weighted by atomic mass is 16.5. The van der Waals surface area contributed by atoms with Gasteiger partial charge in [0.2, 0.25) is 5.91 Å². The third kappa shape index (κ3) is 5.92. The highest BCUT2D eigenvalue weighted by Crippen LogP contribution is 2.66. The molecular formula is C42H50N2O5. The lowest BCUT2D eigenvalue weighted by Crippen LogP contribution is -2.69. The molecule has 2 saturated carbocycles. The van der Waals surface area contributed by atoms with Crippen molar-refractivity contribution in [1.82, 2.24) is 9.80 Å². The van der Waals surface area contributed by atoms with Crippen molar-refractivity contribution < 1.29 is 24.2 Å².